The number of esters is 1. The first-order valence-electron chi connectivity index (χ1n) is 8.69. The van der Waals surface area contributed by atoms with Gasteiger partial charge in [-0.2, -0.15) is 0 Å². The van der Waals surface area contributed by atoms with Crippen LogP contribution in [-0.4, -0.2) is 35.1 Å². The highest BCUT2D eigenvalue weighted by Crippen LogP contribution is 2.26. The van der Waals surface area contributed by atoms with E-state index in [1.54, 1.807) is 17.7 Å². The Morgan fingerprint density at radius 1 is 1.04 bits per heavy atom. The second-order valence-electron chi connectivity index (χ2n) is 5.58. The van der Waals surface area contributed by atoms with Gasteiger partial charge in [-0.15, -0.1) is 22.7 Å². The number of nitrogens with one attached hydrogen (secondary N) is 1. The van der Waals surface area contributed by atoms with Crippen molar-refractivity contribution < 1.29 is 19.1 Å². The van der Waals surface area contributed by atoms with Crippen LogP contribution < -0.4 is 10.1 Å². The van der Waals surface area contributed by atoms with E-state index in [1.807, 2.05) is 31.2 Å². The summed E-state index contributed by atoms with van der Waals surface area (Å²) < 4.78 is 10.3. The molecule has 2 aromatic heterocycles. The van der Waals surface area contributed by atoms with Crippen molar-refractivity contribution in [2.75, 3.05) is 18.5 Å². The van der Waals surface area contributed by atoms with E-state index in [-0.39, 0.29) is 18.3 Å². The molecular weight excluding hydrogens is 398 g/mol. The standard InChI is InChI=1S/C19H19N3O4S2/c1-3-25-14-7-5-12(6-8-14)18-21-15(11-27-18)17(24)22-19-20-13(10-28-19)9-16(23)26-4-2/h5-8,10-11H,3-4,9H2,1-2H3,(H,20,22,24). The van der Waals surface area contributed by atoms with E-state index in [9.17, 15) is 9.59 Å². The van der Waals surface area contributed by atoms with Gasteiger partial charge in [-0.05, 0) is 38.1 Å². The van der Waals surface area contributed by atoms with Crippen LogP contribution >= 0.6 is 22.7 Å². The van der Waals surface area contributed by atoms with Crippen LogP contribution in [0.15, 0.2) is 35.0 Å². The monoisotopic (exact) mass is 417 g/mol. The number of thiazole rings is 2. The minimum absolute atomic E-state index is 0.0821. The van der Waals surface area contributed by atoms with Crippen LogP contribution in [0.3, 0.4) is 0 Å². The largest absolute Gasteiger partial charge is 0.494 e. The Balaban J connectivity index is 1.63. The number of carbonyl (C=O) groups is 2. The Hall–Kier alpha value is -2.78. The summed E-state index contributed by atoms with van der Waals surface area (Å²) in [4.78, 5) is 32.6. The Morgan fingerprint density at radius 3 is 2.54 bits per heavy atom. The number of amides is 1. The van der Waals surface area contributed by atoms with Crippen molar-refractivity contribution in [3.8, 4) is 16.3 Å². The van der Waals surface area contributed by atoms with E-state index in [1.165, 1.54) is 22.7 Å². The summed E-state index contributed by atoms with van der Waals surface area (Å²) in [6.45, 7) is 4.62. The highest BCUT2D eigenvalue weighted by Gasteiger charge is 2.15. The lowest BCUT2D eigenvalue weighted by molar-refractivity contribution is -0.142. The first-order valence-corrected chi connectivity index (χ1v) is 10.4. The maximum Gasteiger partial charge on any atom is 0.311 e. The van der Waals surface area contributed by atoms with Crippen molar-refractivity contribution in [2.24, 2.45) is 0 Å². The highest BCUT2D eigenvalue weighted by molar-refractivity contribution is 7.14. The quantitative estimate of drug-likeness (QED) is 0.557. The molecule has 0 radical (unpaired) electrons. The fourth-order valence-corrected chi connectivity index (χ4v) is 3.85. The van der Waals surface area contributed by atoms with Crippen molar-refractivity contribution in [3.05, 3.63) is 46.4 Å². The Labute approximate surface area is 170 Å². The lowest BCUT2D eigenvalue weighted by Crippen LogP contribution is -2.12. The summed E-state index contributed by atoms with van der Waals surface area (Å²) in [5, 5.41) is 7.30. The van der Waals surface area contributed by atoms with Crippen LogP contribution in [-0.2, 0) is 16.0 Å². The molecule has 0 aliphatic carbocycles. The molecule has 0 atom stereocenters. The zero-order chi connectivity index (χ0) is 19.9. The Morgan fingerprint density at radius 2 is 1.82 bits per heavy atom. The van der Waals surface area contributed by atoms with Gasteiger partial charge in [-0.3, -0.25) is 14.9 Å². The van der Waals surface area contributed by atoms with Crippen molar-refractivity contribution in [1.82, 2.24) is 9.97 Å². The van der Waals surface area contributed by atoms with Gasteiger partial charge in [-0.25, -0.2) is 9.97 Å². The van der Waals surface area contributed by atoms with Crippen molar-refractivity contribution >= 4 is 39.7 Å². The highest BCUT2D eigenvalue weighted by atomic mass is 32.1. The van der Waals surface area contributed by atoms with Gasteiger partial charge in [0.2, 0.25) is 0 Å². The fourth-order valence-electron chi connectivity index (χ4n) is 2.34. The van der Waals surface area contributed by atoms with Crippen molar-refractivity contribution in [3.63, 3.8) is 0 Å². The summed E-state index contributed by atoms with van der Waals surface area (Å²) in [5.41, 5.74) is 1.79. The van der Waals surface area contributed by atoms with E-state index in [4.69, 9.17) is 9.47 Å². The minimum Gasteiger partial charge on any atom is -0.494 e. The normalized spacial score (nSPS) is 10.5. The zero-order valence-electron chi connectivity index (χ0n) is 15.4. The molecule has 1 N–H and O–H groups in total. The molecule has 2 heterocycles. The molecule has 0 spiro atoms. The van der Waals surface area contributed by atoms with Gasteiger partial charge < -0.3 is 9.47 Å². The molecule has 7 nitrogen and oxygen atoms in total. The third-order valence-electron chi connectivity index (χ3n) is 3.55. The number of hydrogen-bond acceptors (Lipinski definition) is 8. The number of ether oxygens (including phenoxy) is 2. The SMILES string of the molecule is CCOC(=O)Cc1csc(NC(=O)c2csc(-c3ccc(OCC)cc3)n2)n1. The summed E-state index contributed by atoms with van der Waals surface area (Å²) >= 11 is 2.64. The van der Waals surface area contributed by atoms with Crippen LogP contribution in [0.4, 0.5) is 5.13 Å². The van der Waals surface area contributed by atoms with Gasteiger partial charge in [0.05, 0.1) is 25.3 Å². The lowest BCUT2D eigenvalue weighted by Gasteiger charge is -2.03. The molecule has 146 valence electrons. The summed E-state index contributed by atoms with van der Waals surface area (Å²) in [6.07, 6.45) is 0.0821. The number of hydrogen-bond donors (Lipinski definition) is 1. The topological polar surface area (TPSA) is 90.4 Å². The number of carbonyl (C=O) groups excluding carboxylic acids is 2. The third kappa shape index (κ3) is 5.14. The second kappa shape index (κ2) is 9.43. The van der Waals surface area contributed by atoms with Gasteiger partial charge in [0.25, 0.3) is 5.91 Å². The van der Waals surface area contributed by atoms with Gasteiger partial charge in [0, 0.05) is 16.3 Å². The average molecular weight is 418 g/mol. The number of anilines is 1. The number of rotatable bonds is 8. The van der Waals surface area contributed by atoms with Crippen molar-refractivity contribution in [2.45, 2.75) is 20.3 Å². The molecule has 28 heavy (non-hydrogen) atoms. The zero-order valence-corrected chi connectivity index (χ0v) is 17.1. The first-order chi connectivity index (χ1) is 13.6. The number of aromatic nitrogens is 2. The number of benzene rings is 1. The molecule has 0 aliphatic heterocycles. The molecule has 9 heteroatoms. The molecule has 0 saturated carbocycles. The van der Waals surface area contributed by atoms with Gasteiger partial charge in [-0.1, -0.05) is 0 Å². The van der Waals surface area contributed by atoms with Gasteiger partial charge in [0.1, 0.15) is 16.5 Å². The van der Waals surface area contributed by atoms with E-state index in [2.05, 4.69) is 15.3 Å². The maximum atomic E-state index is 12.4. The van der Waals surface area contributed by atoms with Gasteiger partial charge >= 0.3 is 5.97 Å². The van der Waals surface area contributed by atoms with E-state index in [0.29, 0.717) is 29.7 Å². The second-order valence-corrected chi connectivity index (χ2v) is 7.29. The van der Waals surface area contributed by atoms with Crippen LogP contribution in [0.25, 0.3) is 10.6 Å². The molecule has 0 bridgehead atoms. The summed E-state index contributed by atoms with van der Waals surface area (Å²) in [5.74, 6) is 0.110. The molecule has 3 aromatic rings. The third-order valence-corrected chi connectivity index (χ3v) is 5.25. The minimum atomic E-state index is -0.342. The molecule has 0 fully saturated rings. The Kier molecular flexibility index (Phi) is 6.72. The first kappa shape index (κ1) is 20.0. The average Bonchev–Trinajstić information content (AvgIpc) is 3.33. The maximum absolute atomic E-state index is 12.4. The smallest absolute Gasteiger partial charge is 0.311 e. The molecule has 3 rings (SSSR count). The lowest BCUT2D eigenvalue weighted by atomic mass is 10.2. The predicted molar refractivity (Wildman–Crippen MR) is 109 cm³/mol. The van der Waals surface area contributed by atoms with Gasteiger partial charge in [0.15, 0.2) is 5.13 Å². The Bertz CT molecular complexity index is 950. The molecule has 1 aromatic carbocycles. The van der Waals surface area contributed by atoms with Crippen LogP contribution in [0.2, 0.25) is 0 Å². The van der Waals surface area contributed by atoms with Crippen molar-refractivity contribution in [1.29, 1.82) is 0 Å². The van der Waals surface area contributed by atoms with Crippen LogP contribution in [0.5, 0.6) is 5.75 Å². The van der Waals surface area contributed by atoms with E-state index in [0.717, 1.165) is 16.3 Å². The summed E-state index contributed by atoms with van der Waals surface area (Å²) in [7, 11) is 0. The van der Waals surface area contributed by atoms with Crippen LogP contribution in [0.1, 0.15) is 30.0 Å². The summed E-state index contributed by atoms with van der Waals surface area (Å²) in [6, 6.07) is 7.57. The molecule has 0 unspecified atom stereocenters. The molecular formula is C19H19N3O4S2. The number of nitrogens with zero attached hydrogens (tertiary/aromatic N) is 2. The van der Waals surface area contributed by atoms with E-state index >= 15 is 0 Å². The van der Waals surface area contributed by atoms with E-state index < -0.39 is 0 Å². The molecule has 0 aliphatic rings. The molecule has 0 saturated heterocycles. The molecule has 1 amide bonds. The van der Waals surface area contributed by atoms with Crippen LogP contribution in [0, 0.1) is 0 Å². The fraction of sp³-hybridized carbons (Fsp3) is 0.263. The predicted octanol–water partition coefficient (Wildman–Crippen LogP) is 4.02.